The molecule has 1 N–H and O–H groups in total. The van der Waals surface area contributed by atoms with Crippen LogP contribution in [0.25, 0.3) is 0 Å². The Hall–Kier alpha value is -0.0900. The van der Waals surface area contributed by atoms with Gasteiger partial charge in [-0.2, -0.15) is 0 Å². The number of hydrogen-bond donors (Lipinski definition) is 1. The number of sulfone groups is 1. The van der Waals surface area contributed by atoms with Crippen LogP contribution in [-0.4, -0.2) is 33.0 Å². The Balaban J connectivity index is 2.38. The monoisotopic (exact) mass is 191 g/mol. The summed E-state index contributed by atoms with van der Waals surface area (Å²) in [6.07, 6.45) is 1.84. The first-order chi connectivity index (χ1) is 5.53. The van der Waals surface area contributed by atoms with E-state index in [1.807, 2.05) is 7.05 Å². The lowest BCUT2D eigenvalue weighted by molar-refractivity contribution is 0.448. The third-order valence-electron chi connectivity index (χ3n) is 2.51. The number of hydrogen-bond acceptors (Lipinski definition) is 3. The van der Waals surface area contributed by atoms with E-state index >= 15 is 0 Å². The van der Waals surface area contributed by atoms with Gasteiger partial charge in [0, 0.05) is 6.04 Å². The summed E-state index contributed by atoms with van der Waals surface area (Å²) in [5.41, 5.74) is 0. The van der Waals surface area contributed by atoms with E-state index in [0.29, 0.717) is 23.5 Å². The molecule has 0 aromatic rings. The maximum Gasteiger partial charge on any atom is 0.150 e. The molecule has 3 nitrogen and oxygen atoms in total. The third-order valence-corrected chi connectivity index (χ3v) is 4.34. The van der Waals surface area contributed by atoms with Gasteiger partial charge in [-0.05, 0) is 32.7 Å². The molecule has 1 aliphatic heterocycles. The Kier molecular flexibility index (Phi) is 3.12. The van der Waals surface area contributed by atoms with Crippen molar-refractivity contribution in [1.82, 2.24) is 5.32 Å². The average molecular weight is 191 g/mol. The van der Waals surface area contributed by atoms with Crippen molar-refractivity contribution >= 4 is 9.84 Å². The van der Waals surface area contributed by atoms with Gasteiger partial charge in [-0.3, -0.25) is 0 Å². The summed E-state index contributed by atoms with van der Waals surface area (Å²) in [5.74, 6) is 1.19. The van der Waals surface area contributed by atoms with E-state index in [9.17, 15) is 8.42 Å². The SMILES string of the molecule is CNC(C)CC1CCS(=O)(=O)C1. The summed E-state index contributed by atoms with van der Waals surface area (Å²) >= 11 is 0. The van der Waals surface area contributed by atoms with Gasteiger partial charge >= 0.3 is 0 Å². The van der Waals surface area contributed by atoms with E-state index < -0.39 is 9.84 Å². The van der Waals surface area contributed by atoms with Crippen LogP contribution in [-0.2, 0) is 9.84 Å². The first kappa shape index (κ1) is 9.99. The quantitative estimate of drug-likeness (QED) is 0.703. The second-order valence-corrected chi connectivity index (χ2v) is 5.92. The van der Waals surface area contributed by atoms with Crippen molar-refractivity contribution in [2.45, 2.75) is 25.8 Å². The van der Waals surface area contributed by atoms with E-state index in [-0.39, 0.29) is 0 Å². The van der Waals surface area contributed by atoms with Crippen molar-refractivity contribution in [1.29, 1.82) is 0 Å². The molecule has 1 fully saturated rings. The molecule has 0 aromatic carbocycles. The minimum atomic E-state index is -2.68. The summed E-state index contributed by atoms with van der Waals surface area (Å²) in [7, 11) is -0.766. The first-order valence-electron chi connectivity index (χ1n) is 4.41. The highest BCUT2D eigenvalue weighted by Gasteiger charge is 2.28. The average Bonchev–Trinajstić information content (AvgIpc) is 2.30. The standard InChI is InChI=1S/C8H17NO2S/c1-7(9-2)5-8-3-4-12(10,11)6-8/h7-9H,3-6H2,1-2H3. The fourth-order valence-electron chi connectivity index (χ4n) is 1.68. The van der Waals surface area contributed by atoms with Gasteiger partial charge < -0.3 is 5.32 Å². The fraction of sp³-hybridized carbons (Fsp3) is 1.00. The molecule has 0 aliphatic carbocycles. The summed E-state index contributed by atoms with van der Waals surface area (Å²) in [5, 5.41) is 3.12. The van der Waals surface area contributed by atoms with Crippen LogP contribution in [0.3, 0.4) is 0 Å². The smallest absolute Gasteiger partial charge is 0.150 e. The maximum absolute atomic E-state index is 11.1. The molecular formula is C8H17NO2S. The van der Waals surface area contributed by atoms with E-state index in [4.69, 9.17) is 0 Å². The predicted octanol–water partition coefficient (Wildman–Crippen LogP) is 0.419. The van der Waals surface area contributed by atoms with Crippen LogP contribution in [0, 0.1) is 5.92 Å². The molecule has 2 atom stereocenters. The van der Waals surface area contributed by atoms with Gasteiger partial charge in [0.15, 0.2) is 9.84 Å². The minimum Gasteiger partial charge on any atom is -0.317 e. The lowest BCUT2D eigenvalue weighted by Crippen LogP contribution is -2.24. The zero-order chi connectivity index (χ0) is 9.19. The van der Waals surface area contributed by atoms with Gasteiger partial charge in [0.25, 0.3) is 0 Å². The van der Waals surface area contributed by atoms with Gasteiger partial charge in [0.1, 0.15) is 0 Å². The van der Waals surface area contributed by atoms with Crippen molar-refractivity contribution < 1.29 is 8.42 Å². The summed E-state index contributed by atoms with van der Waals surface area (Å²) in [6.45, 7) is 2.09. The lowest BCUT2D eigenvalue weighted by Gasteiger charge is -2.13. The predicted molar refractivity (Wildman–Crippen MR) is 49.9 cm³/mol. The number of nitrogens with one attached hydrogen (secondary N) is 1. The molecule has 0 amide bonds. The van der Waals surface area contributed by atoms with E-state index in [1.165, 1.54) is 0 Å². The second-order valence-electron chi connectivity index (χ2n) is 3.69. The zero-order valence-electron chi connectivity index (χ0n) is 7.71. The van der Waals surface area contributed by atoms with Gasteiger partial charge in [-0.15, -0.1) is 0 Å². The molecule has 1 heterocycles. The van der Waals surface area contributed by atoms with Crippen LogP contribution >= 0.6 is 0 Å². The summed E-state index contributed by atoms with van der Waals surface area (Å²) in [4.78, 5) is 0. The Morgan fingerprint density at radius 1 is 1.58 bits per heavy atom. The van der Waals surface area contributed by atoms with Gasteiger partial charge in [0.05, 0.1) is 11.5 Å². The highest BCUT2D eigenvalue weighted by molar-refractivity contribution is 7.91. The molecule has 2 unspecified atom stereocenters. The molecule has 0 aromatic heterocycles. The van der Waals surface area contributed by atoms with Crippen LogP contribution in [0.2, 0.25) is 0 Å². The molecule has 0 spiro atoms. The Morgan fingerprint density at radius 2 is 2.25 bits per heavy atom. The van der Waals surface area contributed by atoms with E-state index in [2.05, 4.69) is 12.2 Å². The third kappa shape index (κ3) is 2.75. The van der Waals surface area contributed by atoms with Crippen molar-refractivity contribution in [3.63, 3.8) is 0 Å². The van der Waals surface area contributed by atoms with Crippen LogP contribution in [0.4, 0.5) is 0 Å². The molecule has 1 rings (SSSR count). The highest BCUT2D eigenvalue weighted by Crippen LogP contribution is 2.22. The Bertz CT molecular complexity index is 235. The van der Waals surface area contributed by atoms with Crippen LogP contribution in [0.1, 0.15) is 19.8 Å². The fourth-order valence-corrected chi connectivity index (χ4v) is 3.56. The normalized spacial score (nSPS) is 30.3. The first-order valence-corrected chi connectivity index (χ1v) is 6.23. The van der Waals surface area contributed by atoms with Crippen molar-refractivity contribution in [3.05, 3.63) is 0 Å². The maximum atomic E-state index is 11.1. The molecule has 1 saturated heterocycles. The molecular weight excluding hydrogens is 174 g/mol. The van der Waals surface area contributed by atoms with Crippen LogP contribution in [0.15, 0.2) is 0 Å². The summed E-state index contributed by atoms with van der Waals surface area (Å²) in [6, 6.07) is 0.434. The highest BCUT2D eigenvalue weighted by atomic mass is 32.2. The van der Waals surface area contributed by atoms with Crippen molar-refractivity contribution in [3.8, 4) is 0 Å². The van der Waals surface area contributed by atoms with Crippen molar-refractivity contribution in [2.75, 3.05) is 18.6 Å². The van der Waals surface area contributed by atoms with Crippen molar-refractivity contribution in [2.24, 2.45) is 5.92 Å². The summed E-state index contributed by atoms with van der Waals surface area (Å²) < 4.78 is 22.2. The molecule has 4 heteroatoms. The van der Waals surface area contributed by atoms with E-state index in [0.717, 1.165) is 12.8 Å². The molecule has 12 heavy (non-hydrogen) atoms. The number of rotatable bonds is 3. The molecule has 1 aliphatic rings. The minimum absolute atomic E-state index is 0.387. The van der Waals surface area contributed by atoms with Gasteiger partial charge in [0.2, 0.25) is 0 Å². The van der Waals surface area contributed by atoms with Gasteiger partial charge in [-0.25, -0.2) is 8.42 Å². The largest absolute Gasteiger partial charge is 0.317 e. The molecule has 0 bridgehead atoms. The van der Waals surface area contributed by atoms with Crippen LogP contribution in [0.5, 0.6) is 0 Å². The Labute approximate surface area is 74.5 Å². The lowest BCUT2D eigenvalue weighted by atomic mass is 10.0. The van der Waals surface area contributed by atoms with Crippen LogP contribution < -0.4 is 5.32 Å². The molecule has 0 saturated carbocycles. The topological polar surface area (TPSA) is 46.2 Å². The van der Waals surface area contributed by atoms with E-state index in [1.54, 1.807) is 0 Å². The van der Waals surface area contributed by atoms with Gasteiger partial charge in [-0.1, -0.05) is 0 Å². The Morgan fingerprint density at radius 3 is 2.67 bits per heavy atom. The zero-order valence-corrected chi connectivity index (χ0v) is 8.52. The molecule has 0 radical (unpaired) electrons. The molecule has 72 valence electrons. The second kappa shape index (κ2) is 3.75.